The van der Waals surface area contributed by atoms with E-state index in [2.05, 4.69) is 39.0 Å². The van der Waals surface area contributed by atoms with Gasteiger partial charge in [0.2, 0.25) is 0 Å². The molecule has 0 heterocycles. The standard InChI is InChI=1S/C15H25NO.ClH/c1-4-9-17-15-8-7-13(10-14(16)6-3)12(5-2)11-15;/h7-8,11,14H,4-6,9-10,16H2,1-3H3;1H. The van der Waals surface area contributed by atoms with Gasteiger partial charge in [0.05, 0.1) is 6.61 Å². The quantitative estimate of drug-likeness (QED) is 0.820. The van der Waals surface area contributed by atoms with Crippen LogP contribution in [0.25, 0.3) is 0 Å². The highest BCUT2D eigenvalue weighted by Gasteiger charge is 2.07. The molecule has 0 saturated carbocycles. The second-order valence-electron chi connectivity index (χ2n) is 4.50. The van der Waals surface area contributed by atoms with E-state index in [1.54, 1.807) is 0 Å². The smallest absolute Gasteiger partial charge is 0.119 e. The number of benzene rings is 1. The number of halogens is 1. The summed E-state index contributed by atoms with van der Waals surface area (Å²) in [5.74, 6) is 0.984. The first-order chi connectivity index (χ1) is 8.21. The Morgan fingerprint density at radius 1 is 1.17 bits per heavy atom. The van der Waals surface area contributed by atoms with E-state index in [0.717, 1.165) is 38.0 Å². The lowest BCUT2D eigenvalue weighted by molar-refractivity contribution is 0.317. The maximum atomic E-state index is 6.02. The minimum atomic E-state index is 0. The van der Waals surface area contributed by atoms with Crippen molar-refractivity contribution in [2.45, 2.75) is 52.5 Å². The fourth-order valence-electron chi connectivity index (χ4n) is 1.87. The third kappa shape index (κ3) is 5.28. The monoisotopic (exact) mass is 271 g/mol. The Bertz CT molecular complexity index is 341. The molecule has 0 spiro atoms. The predicted molar refractivity (Wildman–Crippen MR) is 80.8 cm³/mol. The number of ether oxygens (including phenoxy) is 1. The molecule has 1 unspecified atom stereocenters. The Hall–Kier alpha value is -0.730. The molecule has 0 fully saturated rings. The normalized spacial score (nSPS) is 11.8. The highest BCUT2D eigenvalue weighted by atomic mass is 35.5. The average Bonchev–Trinajstić information content (AvgIpc) is 2.37. The Kier molecular flexibility index (Phi) is 8.86. The van der Waals surface area contributed by atoms with Gasteiger partial charge in [0.15, 0.2) is 0 Å². The van der Waals surface area contributed by atoms with Crippen LogP contribution < -0.4 is 10.5 Å². The number of hydrogen-bond donors (Lipinski definition) is 1. The van der Waals surface area contributed by atoms with Gasteiger partial charge in [-0.1, -0.05) is 26.8 Å². The van der Waals surface area contributed by atoms with Gasteiger partial charge in [-0.3, -0.25) is 0 Å². The van der Waals surface area contributed by atoms with E-state index in [1.807, 2.05) is 0 Å². The van der Waals surface area contributed by atoms with E-state index < -0.39 is 0 Å². The maximum Gasteiger partial charge on any atom is 0.119 e. The lowest BCUT2D eigenvalue weighted by atomic mass is 9.97. The first-order valence-corrected chi connectivity index (χ1v) is 6.71. The molecular weight excluding hydrogens is 246 g/mol. The van der Waals surface area contributed by atoms with E-state index in [9.17, 15) is 0 Å². The number of nitrogens with two attached hydrogens (primary N) is 1. The lowest BCUT2D eigenvalue weighted by Crippen LogP contribution is -2.22. The third-order valence-electron chi connectivity index (χ3n) is 3.04. The topological polar surface area (TPSA) is 35.2 Å². The van der Waals surface area contributed by atoms with E-state index in [4.69, 9.17) is 10.5 Å². The first-order valence-electron chi connectivity index (χ1n) is 6.71. The van der Waals surface area contributed by atoms with E-state index >= 15 is 0 Å². The van der Waals surface area contributed by atoms with Crippen LogP contribution in [0.15, 0.2) is 18.2 Å². The van der Waals surface area contributed by atoms with Gasteiger partial charge in [0.1, 0.15) is 5.75 Å². The maximum absolute atomic E-state index is 6.02. The van der Waals surface area contributed by atoms with Crippen LogP contribution >= 0.6 is 12.4 Å². The largest absolute Gasteiger partial charge is 0.494 e. The molecule has 1 aromatic rings. The van der Waals surface area contributed by atoms with Crippen LogP contribution in [0, 0.1) is 0 Å². The molecule has 0 aliphatic rings. The summed E-state index contributed by atoms with van der Waals surface area (Å²) in [6, 6.07) is 6.65. The summed E-state index contributed by atoms with van der Waals surface area (Å²) in [7, 11) is 0. The Morgan fingerprint density at radius 3 is 2.44 bits per heavy atom. The predicted octanol–water partition coefficient (Wildman–Crippen LogP) is 3.74. The van der Waals surface area contributed by atoms with E-state index in [-0.39, 0.29) is 18.4 Å². The van der Waals surface area contributed by atoms with Crippen molar-refractivity contribution >= 4 is 12.4 Å². The minimum absolute atomic E-state index is 0. The van der Waals surface area contributed by atoms with Crippen molar-refractivity contribution in [2.24, 2.45) is 5.73 Å². The van der Waals surface area contributed by atoms with Crippen molar-refractivity contribution in [3.05, 3.63) is 29.3 Å². The molecule has 2 nitrogen and oxygen atoms in total. The number of aryl methyl sites for hydroxylation is 1. The second kappa shape index (κ2) is 9.23. The van der Waals surface area contributed by atoms with E-state index in [0.29, 0.717) is 0 Å². The van der Waals surface area contributed by atoms with Gasteiger partial charge in [0, 0.05) is 6.04 Å². The van der Waals surface area contributed by atoms with Crippen molar-refractivity contribution in [3.8, 4) is 5.75 Å². The van der Waals surface area contributed by atoms with Crippen LogP contribution in [0.2, 0.25) is 0 Å². The Morgan fingerprint density at radius 2 is 1.89 bits per heavy atom. The minimum Gasteiger partial charge on any atom is -0.494 e. The molecule has 1 aromatic carbocycles. The molecule has 104 valence electrons. The molecule has 0 amide bonds. The fraction of sp³-hybridized carbons (Fsp3) is 0.600. The van der Waals surface area contributed by atoms with Gasteiger partial charge in [-0.25, -0.2) is 0 Å². The molecule has 0 aliphatic carbocycles. The summed E-state index contributed by atoms with van der Waals surface area (Å²) in [5.41, 5.74) is 8.75. The summed E-state index contributed by atoms with van der Waals surface area (Å²) in [6.07, 6.45) is 4.07. The molecule has 1 atom stereocenters. The summed E-state index contributed by atoms with van der Waals surface area (Å²) < 4.78 is 5.65. The zero-order valence-electron chi connectivity index (χ0n) is 11.7. The van der Waals surface area contributed by atoms with Crippen LogP contribution in [-0.4, -0.2) is 12.6 Å². The molecule has 18 heavy (non-hydrogen) atoms. The average molecular weight is 272 g/mol. The summed E-state index contributed by atoms with van der Waals surface area (Å²) in [5, 5.41) is 0. The Balaban J connectivity index is 0.00000289. The molecule has 0 aliphatic heterocycles. The van der Waals surface area contributed by atoms with Crippen LogP contribution in [0.3, 0.4) is 0 Å². The van der Waals surface area contributed by atoms with Crippen LogP contribution in [0.4, 0.5) is 0 Å². The van der Waals surface area contributed by atoms with Crippen LogP contribution in [0.1, 0.15) is 44.7 Å². The summed E-state index contributed by atoms with van der Waals surface area (Å²) >= 11 is 0. The second-order valence-corrected chi connectivity index (χ2v) is 4.50. The molecule has 3 heteroatoms. The van der Waals surface area contributed by atoms with Gasteiger partial charge >= 0.3 is 0 Å². The SMILES string of the molecule is CCCOc1ccc(CC(N)CC)c(CC)c1.Cl. The van der Waals surface area contributed by atoms with Gasteiger partial charge in [-0.15, -0.1) is 12.4 Å². The van der Waals surface area contributed by atoms with Crippen molar-refractivity contribution in [3.63, 3.8) is 0 Å². The van der Waals surface area contributed by atoms with Gasteiger partial charge in [-0.2, -0.15) is 0 Å². The molecule has 0 bridgehead atoms. The third-order valence-corrected chi connectivity index (χ3v) is 3.04. The van der Waals surface area contributed by atoms with Crippen molar-refractivity contribution in [2.75, 3.05) is 6.61 Å². The summed E-state index contributed by atoms with van der Waals surface area (Å²) in [4.78, 5) is 0. The van der Waals surface area contributed by atoms with Crippen LogP contribution in [0.5, 0.6) is 5.75 Å². The molecule has 0 radical (unpaired) electrons. The summed E-state index contributed by atoms with van der Waals surface area (Å²) in [6.45, 7) is 7.22. The molecular formula is C15H26ClNO. The van der Waals surface area contributed by atoms with Crippen molar-refractivity contribution < 1.29 is 4.74 Å². The molecule has 0 saturated heterocycles. The van der Waals surface area contributed by atoms with Gasteiger partial charge in [0.25, 0.3) is 0 Å². The fourth-order valence-corrected chi connectivity index (χ4v) is 1.87. The lowest BCUT2D eigenvalue weighted by Gasteiger charge is -2.14. The van der Waals surface area contributed by atoms with Crippen molar-refractivity contribution in [1.82, 2.24) is 0 Å². The molecule has 2 N–H and O–H groups in total. The van der Waals surface area contributed by atoms with Gasteiger partial charge in [-0.05, 0) is 48.9 Å². The zero-order chi connectivity index (χ0) is 12.7. The van der Waals surface area contributed by atoms with Crippen molar-refractivity contribution in [1.29, 1.82) is 0 Å². The first kappa shape index (κ1) is 17.3. The van der Waals surface area contributed by atoms with Crippen LogP contribution in [-0.2, 0) is 12.8 Å². The zero-order valence-corrected chi connectivity index (χ0v) is 12.6. The van der Waals surface area contributed by atoms with Gasteiger partial charge < -0.3 is 10.5 Å². The highest BCUT2D eigenvalue weighted by molar-refractivity contribution is 5.85. The van der Waals surface area contributed by atoms with E-state index in [1.165, 1.54) is 11.1 Å². The Labute approximate surface area is 117 Å². The molecule has 1 rings (SSSR count). The number of rotatable bonds is 7. The number of hydrogen-bond acceptors (Lipinski definition) is 2. The highest BCUT2D eigenvalue weighted by Crippen LogP contribution is 2.20. The molecule has 0 aromatic heterocycles.